The summed E-state index contributed by atoms with van der Waals surface area (Å²) in [5.41, 5.74) is 5.93. The zero-order valence-electron chi connectivity index (χ0n) is 10.1. The van der Waals surface area contributed by atoms with Gasteiger partial charge in [0.05, 0.1) is 17.2 Å². The first-order valence-electron chi connectivity index (χ1n) is 5.69. The Morgan fingerprint density at radius 3 is 2.89 bits per heavy atom. The fraction of sp³-hybridized carbons (Fsp3) is 0.600. The number of rotatable bonds is 3. The zero-order chi connectivity index (χ0) is 13.3. The molecule has 1 unspecified atom stereocenters. The normalized spacial score (nSPS) is 21.9. The molecule has 0 saturated carbocycles. The molecule has 100 valence electrons. The van der Waals surface area contributed by atoms with Gasteiger partial charge < -0.3 is 11.1 Å². The summed E-state index contributed by atoms with van der Waals surface area (Å²) < 4.78 is 24.6. The Kier molecular flexibility index (Phi) is 3.29. The quantitative estimate of drug-likeness (QED) is 0.757. The summed E-state index contributed by atoms with van der Waals surface area (Å²) in [6, 6.07) is 0. The molecule has 0 aromatic carbocycles. The Labute approximate surface area is 105 Å². The lowest BCUT2D eigenvalue weighted by Crippen LogP contribution is -2.34. The lowest BCUT2D eigenvalue weighted by Gasteiger charge is -2.10. The average Bonchev–Trinajstić information content (AvgIpc) is 2.80. The minimum atomic E-state index is -3.04. The molecule has 3 N–H and O–H groups in total. The van der Waals surface area contributed by atoms with Gasteiger partial charge in [0.2, 0.25) is 0 Å². The van der Waals surface area contributed by atoms with Crippen LogP contribution in [0.25, 0.3) is 0 Å². The van der Waals surface area contributed by atoms with Crippen molar-refractivity contribution >= 4 is 21.6 Å². The topological polar surface area (TPSA) is 107 Å². The lowest BCUT2D eigenvalue weighted by atomic mass is 10.2. The van der Waals surface area contributed by atoms with Gasteiger partial charge in [0, 0.05) is 13.6 Å². The number of nitrogens with two attached hydrogens (primary N) is 1. The second-order valence-corrected chi connectivity index (χ2v) is 6.81. The largest absolute Gasteiger partial charge is 0.383 e. The Bertz CT molecular complexity index is 564. The highest BCUT2D eigenvalue weighted by atomic mass is 32.2. The van der Waals surface area contributed by atoms with Crippen molar-refractivity contribution in [2.24, 2.45) is 7.05 Å². The summed E-state index contributed by atoms with van der Waals surface area (Å²) in [5, 5.41) is 5.98. The van der Waals surface area contributed by atoms with Crippen molar-refractivity contribution in [2.75, 3.05) is 18.0 Å². The lowest BCUT2D eigenvalue weighted by molar-refractivity contribution is 0.0954. The van der Waals surface area contributed by atoms with E-state index in [1.54, 1.807) is 7.05 Å². The monoisotopic (exact) mass is 272 g/mol. The van der Waals surface area contributed by atoms with Gasteiger partial charge >= 0.3 is 0 Å². The van der Waals surface area contributed by atoms with Gasteiger partial charge in [-0.1, -0.05) is 0 Å². The SMILES string of the molecule is Cn1ncc(C(=O)NCC2CCCS2(=O)=O)c1N. The van der Waals surface area contributed by atoms with Crippen molar-refractivity contribution in [1.29, 1.82) is 0 Å². The molecule has 0 radical (unpaired) electrons. The number of amides is 1. The van der Waals surface area contributed by atoms with E-state index in [0.29, 0.717) is 12.8 Å². The molecular weight excluding hydrogens is 256 g/mol. The van der Waals surface area contributed by atoms with Gasteiger partial charge in [-0.2, -0.15) is 5.10 Å². The molecule has 1 fully saturated rings. The number of carbonyl (C=O) groups excluding carboxylic acids is 1. The Hall–Kier alpha value is -1.57. The van der Waals surface area contributed by atoms with Gasteiger partial charge in [-0.05, 0) is 12.8 Å². The van der Waals surface area contributed by atoms with Gasteiger partial charge in [0.15, 0.2) is 9.84 Å². The minimum absolute atomic E-state index is 0.134. The zero-order valence-corrected chi connectivity index (χ0v) is 10.9. The maximum Gasteiger partial charge on any atom is 0.256 e. The van der Waals surface area contributed by atoms with Gasteiger partial charge in [0.1, 0.15) is 11.4 Å². The average molecular weight is 272 g/mol. The molecule has 0 aliphatic carbocycles. The summed E-state index contributed by atoms with van der Waals surface area (Å²) >= 11 is 0. The molecule has 1 aliphatic heterocycles. The molecular formula is C10H16N4O3S. The van der Waals surface area contributed by atoms with Crippen molar-refractivity contribution < 1.29 is 13.2 Å². The molecule has 1 saturated heterocycles. The van der Waals surface area contributed by atoms with Crippen LogP contribution in [0.5, 0.6) is 0 Å². The van der Waals surface area contributed by atoms with Crippen molar-refractivity contribution in [2.45, 2.75) is 18.1 Å². The van der Waals surface area contributed by atoms with E-state index in [2.05, 4.69) is 10.4 Å². The predicted molar refractivity (Wildman–Crippen MR) is 66.8 cm³/mol. The second kappa shape index (κ2) is 4.60. The first kappa shape index (κ1) is 12.9. The van der Waals surface area contributed by atoms with Crippen LogP contribution in [0.4, 0.5) is 5.82 Å². The summed E-state index contributed by atoms with van der Waals surface area (Å²) in [5.74, 6) is 0.0900. The predicted octanol–water partition coefficient (Wildman–Crippen LogP) is -0.691. The van der Waals surface area contributed by atoms with Crippen LogP contribution in [0, 0.1) is 0 Å². The first-order chi connectivity index (χ1) is 8.42. The van der Waals surface area contributed by atoms with E-state index in [9.17, 15) is 13.2 Å². The van der Waals surface area contributed by atoms with E-state index in [1.807, 2.05) is 0 Å². The number of nitrogen functional groups attached to an aromatic ring is 1. The highest BCUT2D eigenvalue weighted by Crippen LogP contribution is 2.19. The van der Waals surface area contributed by atoms with Crippen LogP contribution in [-0.4, -0.2) is 41.7 Å². The van der Waals surface area contributed by atoms with Gasteiger partial charge in [0.25, 0.3) is 5.91 Å². The number of sulfone groups is 1. The number of carbonyl (C=O) groups is 1. The van der Waals surface area contributed by atoms with Gasteiger partial charge in [-0.25, -0.2) is 8.42 Å². The molecule has 1 aromatic rings. The standard InChI is InChI=1S/C10H16N4O3S/c1-14-9(11)8(6-13-14)10(15)12-5-7-3-2-4-18(7,16)17/h6-7H,2-5,11H2,1H3,(H,12,15). The maximum absolute atomic E-state index is 11.8. The fourth-order valence-corrected chi connectivity index (χ4v) is 3.78. The first-order valence-corrected chi connectivity index (χ1v) is 7.40. The fourth-order valence-electron chi connectivity index (χ4n) is 2.01. The van der Waals surface area contributed by atoms with Crippen molar-refractivity contribution in [3.05, 3.63) is 11.8 Å². The van der Waals surface area contributed by atoms with Crippen molar-refractivity contribution in [3.63, 3.8) is 0 Å². The molecule has 8 heteroatoms. The Morgan fingerprint density at radius 1 is 1.67 bits per heavy atom. The summed E-state index contributed by atoms with van der Waals surface area (Å²) in [4.78, 5) is 11.8. The molecule has 18 heavy (non-hydrogen) atoms. The van der Waals surface area contributed by atoms with E-state index in [4.69, 9.17) is 5.73 Å². The highest BCUT2D eigenvalue weighted by molar-refractivity contribution is 7.92. The van der Waals surface area contributed by atoms with Crippen LogP contribution in [0.2, 0.25) is 0 Å². The van der Waals surface area contributed by atoms with Crippen molar-refractivity contribution in [1.82, 2.24) is 15.1 Å². The second-order valence-electron chi connectivity index (χ2n) is 4.41. The number of aromatic nitrogens is 2. The minimum Gasteiger partial charge on any atom is -0.383 e. The van der Waals surface area contributed by atoms with E-state index < -0.39 is 15.1 Å². The van der Waals surface area contributed by atoms with Gasteiger partial charge in [-0.15, -0.1) is 0 Å². The Balaban J connectivity index is 1.99. The number of anilines is 1. The maximum atomic E-state index is 11.8. The highest BCUT2D eigenvalue weighted by Gasteiger charge is 2.31. The van der Waals surface area contributed by atoms with E-state index in [1.165, 1.54) is 10.9 Å². The van der Waals surface area contributed by atoms with E-state index in [-0.39, 0.29) is 29.6 Å². The molecule has 2 heterocycles. The molecule has 1 amide bonds. The third-order valence-electron chi connectivity index (χ3n) is 3.18. The molecule has 7 nitrogen and oxygen atoms in total. The Morgan fingerprint density at radius 2 is 2.39 bits per heavy atom. The van der Waals surface area contributed by atoms with Crippen LogP contribution in [0.1, 0.15) is 23.2 Å². The van der Waals surface area contributed by atoms with E-state index >= 15 is 0 Å². The number of hydrogen-bond donors (Lipinski definition) is 2. The number of nitrogens with zero attached hydrogens (tertiary/aromatic N) is 2. The third-order valence-corrected chi connectivity index (χ3v) is 5.46. The number of nitrogens with one attached hydrogen (secondary N) is 1. The molecule has 0 bridgehead atoms. The van der Waals surface area contributed by atoms with Crippen LogP contribution < -0.4 is 11.1 Å². The van der Waals surface area contributed by atoms with Crippen molar-refractivity contribution in [3.8, 4) is 0 Å². The summed E-state index contributed by atoms with van der Waals surface area (Å²) in [6.45, 7) is 0.134. The van der Waals surface area contributed by atoms with Gasteiger partial charge in [-0.3, -0.25) is 9.48 Å². The molecule has 1 aliphatic rings. The third kappa shape index (κ3) is 2.33. The van der Waals surface area contributed by atoms with Crippen LogP contribution in [0.3, 0.4) is 0 Å². The molecule has 1 atom stereocenters. The smallest absolute Gasteiger partial charge is 0.256 e. The van der Waals surface area contributed by atoms with Crippen LogP contribution in [-0.2, 0) is 16.9 Å². The molecule has 2 rings (SSSR count). The summed E-state index contributed by atoms with van der Waals surface area (Å²) in [6.07, 6.45) is 2.64. The molecule has 1 aromatic heterocycles. The summed E-state index contributed by atoms with van der Waals surface area (Å²) in [7, 11) is -1.40. The number of hydrogen-bond acceptors (Lipinski definition) is 5. The van der Waals surface area contributed by atoms with Crippen LogP contribution in [0.15, 0.2) is 6.20 Å². The number of aryl methyl sites for hydroxylation is 1. The van der Waals surface area contributed by atoms with E-state index in [0.717, 1.165) is 0 Å². The molecule has 0 spiro atoms. The van der Waals surface area contributed by atoms with Crippen LogP contribution >= 0.6 is 0 Å².